The van der Waals surface area contributed by atoms with Gasteiger partial charge in [-0.1, -0.05) is 31.9 Å². The lowest BCUT2D eigenvalue weighted by Gasteiger charge is -2.27. The summed E-state index contributed by atoms with van der Waals surface area (Å²) in [5.74, 6) is 0.703. The van der Waals surface area contributed by atoms with Crippen LogP contribution in [0.2, 0.25) is 5.02 Å². The van der Waals surface area contributed by atoms with E-state index in [4.69, 9.17) is 16.3 Å². The third kappa shape index (κ3) is 5.33. The van der Waals surface area contributed by atoms with Crippen LogP contribution in [0.5, 0.6) is 5.75 Å². The van der Waals surface area contributed by atoms with Gasteiger partial charge in [0.05, 0.1) is 18.7 Å². The summed E-state index contributed by atoms with van der Waals surface area (Å²) in [7, 11) is 1.57. The Kier molecular flexibility index (Phi) is 7.76. The van der Waals surface area contributed by atoms with Crippen molar-refractivity contribution in [2.24, 2.45) is 0 Å². The number of Topliss-reactive ketones (excluding diaryl/α,β-unsaturated/α-hetero) is 1. The number of hydrogen-bond donors (Lipinski definition) is 0. The quantitative estimate of drug-likeness (QED) is 0.632. The minimum Gasteiger partial charge on any atom is -0.495 e. The molecular weight excluding hydrogens is 286 g/mol. The van der Waals surface area contributed by atoms with Crippen LogP contribution in [0.3, 0.4) is 0 Å². The van der Waals surface area contributed by atoms with Crippen molar-refractivity contribution in [1.29, 1.82) is 0 Å². The Hall–Kier alpha value is -1.06. The highest BCUT2D eigenvalue weighted by atomic mass is 35.5. The first kappa shape index (κ1) is 18.0. The van der Waals surface area contributed by atoms with Crippen molar-refractivity contribution >= 4 is 17.4 Å². The van der Waals surface area contributed by atoms with Gasteiger partial charge in [-0.25, -0.2) is 0 Å². The first-order valence-electron chi connectivity index (χ1n) is 7.64. The number of carbonyl (C=O) groups is 1. The van der Waals surface area contributed by atoms with Gasteiger partial charge >= 0.3 is 0 Å². The van der Waals surface area contributed by atoms with Crippen molar-refractivity contribution in [3.05, 3.63) is 28.8 Å². The van der Waals surface area contributed by atoms with Gasteiger partial charge in [-0.15, -0.1) is 0 Å². The molecule has 1 aromatic rings. The molecule has 0 spiro atoms. The summed E-state index contributed by atoms with van der Waals surface area (Å²) in [6.07, 6.45) is 3.29. The Morgan fingerprint density at radius 2 is 2.10 bits per heavy atom. The van der Waals surface area contributed by atoms with E-state index in [1.54, 1.807) is 25.3 Å². The average Bonchev–Trinajstić information content (AvgIpc) is 2.50. The second kappa shape index (κ2) is 9.06. The Morgan fingerprint density at radius 1 is 1.38 bits per heavy atom. The van der Waals surface area contributed by atoms with Crippen molar-refractivity contribution in [1.82, 2.24) is 4.90 Å². The number of hydrogen-bond acceptors (Lipinski definition) is 3. The molecule has 0 aliphatic carbocycles. The minimum atomic E-state index is 0.107. The fourth-order valence-electron chi connectivity index (χ4n) is 2.19. The zero-order valence-corrected chi connectivity index (χ0v) is 14.2. The molecule has 0 bridgehead atoms. The first-order valence-corrected chi connectivity index (χ1v) is 8.02. The Balaban J connectivity index is 2.78. The SMILES string of the molecule is CCCCN(CC(=O)c1ccc(OC)c(Cl)c1)C(C)CC. The van der Waals surface area contributed by atoms with E-state index in [1.807, 2.05) is 0 Å². The lowest BCUT2D eigenvalue weighted by atomic mass is 10.1. The lowest BCUT2D eigenvalue weighted by Crippen LogP contribution is -2.37. The van der Waals surface area contributed by atoms with Gasteiger partial charge in [0.2, 0.25) is 0 Å². The maximum atomic E-state index is 12.4. The van der Waals surface area contributed by atoms with Crippen molar-refractivity contribution in [2.75, 3.05) is 20.2 Å². The van der Waals surface area contributed by atoms with Crippen molar-refractivity contribution < 1.29 is 9.53 Å². The molecule has 0 aromatic heterocycles. The van der Waals surface area contributed by atoms with Crippen LogP contribution < -0.4 is 4.74 Å². The maximum absolute atomic E-state index is 12.4. The number of rotatable bonds is 9. The van der Waals surface area contributed by atoms with E-state index in [2.05, 4.69) is 25.7 Å². The van der Waals surface area contributed by atoms with E-state index in [0.717, 1.165) is 25.8 Å². The molecule has 0 heterocycles. The van der Waals surface area contributed by atoms with Crippen LogP contribution in [-0.2, 0) is 0 Å². The van der Waals surface area contributed by atoms with Gasteiger partial charge in [0.1, 0.15) is 5.75 Å². The summed E-state index contributed by atoms with van der Waals surface area (Å²) < 4.78 is 5.12. The van der Waals surface area contributed by atoms with E-state index in [9.17, 15) is 4.79 Å². The summed E-state index contributed by atoms with van der Waals surface area (Å²) in [5.41, 5.74) is 0.644. The van der Waals surface area contributed by atoms with Crippen LogP contribution in [0.4, 0.5) is 0 Å². The number of halogens is 1. The van der Waals surface area contributed by atoms with Gasteiger partial charge in [-0.2, -0.15) is 0 Å². The molecular formula is C17H26ClNO2. The molecule has 1 rings (SSSR count). The average molecular weight is 312 g/mol. The highest BCUT2D eigenvalue weighted by Gasteiger charge is 2.17. The number of methoxy groups -OCH3 is 1. The molecule has 0 aliphatic heterocycles. The molecule has 4 heteroatoms. The van der Waals surface area contributed by atoms with Gasteiger partial charge in [0.15, 0.2) is 5.78 Å². The third-order valence-electron chi connectivity index (χ3n) is 3.83. The smallest absolute Gasteiger partial charge is 0.176 e. The predicted octanol–water partition coefficient (Wildman–Crippen LogP) is 4.43. The molecule has 0 aliphatic rings. The van der Waals surface area contributed by atoms with Crippen LogP contribution in [0.15, 0.2) is 18.2 Å². The second-order valence-corrected chi connectivity index (χ2v) is 5.76. The summed E-state index contributed by atoms with van der Waals surface area (Å²) in [4.78, 5) is 14.7. The van der Waals surface area contributed by atoms with Crippen LogP contribution in [0.25, 0.3) is 0 Å². The Morgan fingerprint density at radius 3 is 2.62 bits per heavy atom. The van der Waals surface area contributed by atoms with Gasteiger partial charge in [-0.3, -0.25) is 9.69 Å². The summed E-state index contributed by atoms with van der Waals surface area (Å²) >= 11 is 6.09. The fraction of sp³-hybridized carbons (Fsp3) is 0.588. The van der Waals surface area contributed by atoms with E-state index >= 15 is 0 Å². The molecule has 0 fully saturated rings. The molecule has 0 N–H and O–H groups in total. The molecule has 0 radical (unpaired) electrons. The number of unbranched alkanes of at least 4 members (excludes halogenated alkanes) is 1. The van der Waals surface area contributed by atoms with Gasteiger partial charge in [-0.05, 0) is 44.5 Å². The molecule has 0 saturated carbocycles. The zero-order chi connectivity index (χ0) is 15.8. The molecule has 1 aromatic carbocycles. The normalized spacial score (nSPS) is 12.5. The number of carbonyl (C=O) groups excluding carboxylic acids is 1. The van der Waals surface area contributed by atoms with Gasteiger partial charge < -0.3 is 4.74 Å². The van der Waals surface area contributed by atoms with Crippen LogP contribution >= 0.6 is 11.6 Å². The molecule has 1 unspecified atom stereocenters. The molecule has 0 saturated heterocycles. The Bertz CT molecular complexity index is 462. The summed E-state index contributed by atoms with van der Waals surface area (Å²) in [6.45, 7) is 7.89. The van der Waals surface area contributed by atoms with E-state index < -0.39 is 0 Å². The topological polar surface area (TPSA) is 29.5 Å². The minimum absolute atomic E-state index is 0.107. The number of ether oxygens (including phenoxy) is 1. The van der Waals surface area contributed by atoms with E-state index in [-0.39, 0.29) is 5.78 Å². The van der Waals surface area contributed by atoms with E-state index in [0.29, 0.717) is 28.9 Å². The summed E-state index contributed by atoms with van der Waals surface area (Å²) in [5, 5.41) is 0.479. The first-order chi connectivity index (χ1) is 10.0. The number of ketones is 1. The van der Waals surface area contributed by atoms with Crippen LogP contribution in [0.1, 0.15) is 50.4 Å². The fourth-order valence-corrected chi connectivity index (χ4v) is 2.45. The lowest BCUT2D eigenvalue weighted by molar-refractivity contribution is 0.0894. The number of nitrogens with zero attached hydrogens (tertiary/aromatic N) is 1. The Labute approximate surface area is 133 Å². The molecule has 1 atom stereocenters. The summed E-state index contributed by atoms with van der Waals surface area (Å²) in [6, 6.07) is 5.63. The number of benzene rings is 1. The van der Waals surface area contributed by atoms with Gasteiger partial charge in [0.25, 0.3) is 0 Å². The van der Waals surface area contributed by atoms with Crippen LogP contribution in [-0.4, -0.2) is 36.9 Å². The molecule has 21 heavy (non-hydrogen) atoms. The predicted molar refractivity (Wildman–Crippen MR) is 88.6 cm³/mol. The maximum Gasteiger partial charge on any atom is 0.176 e. The highest BCUT2D eigenvalue weighted by Crippen LogP contribution is 2.25. The molecule has 0 amide bonds. The van der Waals surface area contributed by atoms with Crippen molar-refractivity contribution in [2.45, 2.75) is 46.1 Å². The highest BCUT2D eigenvalue weighted by molar-refractivity contribution is 6.32. The molecule has 118 valence electrons. The van der Waals surface area contributed by atoms with Crippen molar-refractivity contribution in [3.8, 4) is 5.75 Å². The monoisotopic (exact) mass is 311 g/mol. The standard InChI is InChI=1S/C17H26ClNO2/c1-5-7-10-19(13(3)6-2)12-16(20)14-8-9-17(21-4)15(18)11-14/h8-9,11,13H,5-7,10,12H2,1-4H3. The second-order valence-electron chi connectivity index (χ2n) is 5.35. The largest absolute Gasteiger partial charge is 0.495 e. The van der Waals surface area contributed by atoms with Crippen LogP contribution in [0, 0.1) is 0 Å². The van der Waals surface area contributed by atoms with E-state index in [1.165, 1.54) is 0 Å². The molecule has 3 nitrogen and oxygen atoms in total. The third-order valence-corrected chi connectivity index (χ3v) is 4.13. The zero-order valence-electron chi connectivity index (χ0n) is 13.5. The van der Waals surface area contributed by atoms with Crippen molar-refractivity contribution in [3.63, 3.8) is 0 Å². The van der Waals surface area contributed by atoms with Gasteiger partial charge in [0, 0.05) is 11.6 Å².